The van der Waals surface area contributed by atoms with Crippen molar-refractivity contribution in [1.82, 2.24) is 10.3 Å². The smallest absolute Gasteiger partial charge is 0.217 e. The number of ether oxygens (including phenoxy) is 1. The van der Waals surface area contributed by atoms with Gasteiger partial charge in [-0.2, -0.15) is 0 Å². The molecule has 1 aliphatic rings. The van der Waals surface area contributed by atoms with Crippen LogP contribution in [0.3, 0.4) is 0 Å². The van der Waals surface area contributed by atoms with Crippen LogP contribution in [0.2, 0.25) is 0 Å². The lowest BCUT2D eigenvalue weighted by molar-refractivity contribution is 0.0918. The Hall–Kier alpha value is -1.31. The van der Waals surface area contributed by atoms with Crippen LogP contribution in [0.1, 0.15) is 5.56 Å². The average molecular weight is 326 g/mol. The first kappa shape index (κ1) is 14.1. The molecule has 102 valence electrons. The van der Waals surface area contributed by atoms with Gasteiger partial charge in [0.05, 0.1) is 13.2 Å². The standard InChI is InChI=1S/C12H16BrN5O/c13-11-7-15-3-1-9(11)8-19-10-5-17-12(18-6-10)16-4-2-14/h1,3,5,7,10H,2,4,6,8,14H2,(H,16,18). The van der Waals surface area contributed by atoms with Crippen LogP contribution in [0.4, 0.5) is 0 Å². The van der Waals surface area contributed by atoms with Crippen LogP contribution in [0.25, 0.3) is 0 Å². The largest absolute Gasteiger partial charge is 0.366 e. The first-order valence-electron chi connectivity index (χ1n) is 6.02. The molecule has 2 rings (SSSR count). The molecule has 0 saturated carbocycles. The van der Waals surface area contributed by atoms with Crippen molar-refractivity contribution in [3.8, 4) is 0 Å². The summed E-state index contributed by atoms with van der Waals surface area (Å²) in [4.78, 5) is 12.5. The molecule has 0 radical (unpaired) electrons. The van der Waals surface area contributed by atoms with E-state index >= 15 is 0 Å². The van der Waals surface area contributed by atoms with E-state index in [0.29, 0.717) is 32.2 Å². The van der Waals surface area contributed by atoms with E-state index < -0.39 is 0 Å². The Morgan fingerprint density at radius 3 is 3.11 bits per heavy atom. The topological polar surface area (TPSA) is 84.9 Å². The van der Waals surface area contributed by atoms with Crippen molar-refractivity contribution in [3.63, 3.8) is 0 Å². The molecule has 1 aromatic heterocycles. The van der Waals surface area contributed by atoms with Gasteiger partial charge in [-0.05, 0) is 27.6 Å². The molecular weight excluding hydrogens is 310 g/mol. The van der Waals surface area contributed by atoms with Gasteiger partial charge in [-0.3, -0.25) is 4.98 Å². The molecule has 19 heavy (non-hydrogen) atoms. The summed E-state index contributed by atoms with van der Waals surface area (Å²) in [7, 11) is 0. The number of nitrogens with two attached hydrogens (primary N) is 1. The number of nitrogens with one attached hydrogen (secondary N) is 1. The van der Waals surface area contributed by atoms with Gasteiger partial charge in [0, 0.05) is 36.2 Å². The van der Waals surface area contributed by atoms with E-state index in [1.54, 1.807) is 18.6 Å². The van der Waals surface area contributed by atoms with Gasteiger partial charge in [0.25, 0.3) is 0 Å². The third-order valence-electron chi connectivity index (χ3n) is 2.52. The van der Waals surface area contributed by atoms with Crippen LogP contribution >= 0.6 is 15.9 Å². The van der Waals surface area contributed by atoms with Gasteiger partial charge in [-0.25, -0.2) is 9.98 Å². The molecule has 6 nitrogen and oxygen atoms in total. The molecule has 0 fully saturated rings. The number of rotatable bonds is 5. The van der Waals surface area contributed by atoms with Crippen molar-refractivity contribution in [2.24, 2.45) is 15.7 Å². The van der Waals surface area contributed by atoms with Crippen LogP contribution < -0.4 is 11.1 Å². The van der Waals surface area contributed by atoms with Crippen molar-refractivity contribution in [2.75, 3.05) is 19.6 Å². The SMILES string of the molecule is NCCNC1=NCC(OCc2ccncc2Br)C=N1. The van der Waals surface area contributed by atoms with E-state index in [4.69, 9.17) is 10.5 Å². The number of hydrogen-bond acceptors (Lipinski definition) is 6. The fourth-order valence-corrected chi connectivity index (χ4v) is 1.88. The zero-order chi connectivity index (χ0) is 13.5. The highest BCUT2D eigenvalue weighted by molar-refractivity contribution is 9.10. The molecule has 2 heterocycles. The van der Waals surface area contributed by atoms with Crippen molar-refractivity contribution >= 4 is 28.1 Å². The molecule has 1 aromatic rings. The lowest BCUT2D eigenvalue weighted by Crippen LogP contribution is -2.33. The van der Waals surface area contributed by atoms with Crippen LogP contribution in [0.15, 0.2) is 32.9 Å². The predicted octanol–water partition coefficient (Wildman–Crippen LogP) is 0.718. The number of nitrogens with zero attached hydrogens (tertiary/aromatic N) is 3. The number of guanidine groups is 1. The third kappa shape index (κ3) is 4.38. The Morgan fingerprint density at radius 1 is 1.53 bits per heavy atom. The highest BCUT2D eigenvalue weighted by Gasteiger charge is 2.12. The predicted molar refractivity (Wildman–Crippen MR) is 78.4 cm³/mol. The monoisotopic (exact) mass is 325 g/mol. The molecule has 0 aromatic carbocycles. The Labute approximate surface area is 120 Å². The molecular formula is C12H16BrN5O. The summed E-state index contributed by atoms with van der Waals surface area (Å²) in [5, 5.41) is 3.03. The van der Waals surface area contributed by atoms with Crippen LogP contribution in [0, 0.1) is 0 Å². The first-order valence-corrected chi connectivity index (χ1v) is 6.81. The van der Waals surface area contributed by atoms with Gasteiger partial charge in [0.2, 0.25) is 5.96 Å². The second-order valence-corrected chi connectivity index (χ2v) is 4.83. The quantitative estimate of drug-likeness (QED) is 0.835. The Morgan fingerprint density at radius 2 is 2.42 bits per heavy atom. The molecule has 7 heteroatoms. The van der Waals surface area contributed by atoms with Gasteiger partial charge >= 0.3 is 0 Å². The van der Waals surface area contributed by atoms with Crippen molar-refractivity contribution in [1.29, 1.82) is 0 Å². The summed E-state index contributed by atoms with van der Waals surface area (Å²) in [5.41, 5.74) is 6.45. The summed E-state index contributed by atoms with van der Waals surface area (Å²) < 4.78 is 6.68. The lowest BCUT2D eigenvalue weighted by atomic mass is 10.3. The third-order valence-corrected chi connectivity index (χ3v) is 3.23. The van der Waals surface area contributed by atoms with Gasteiger partial charge < -0.3 is 15.8 Å². The minimum Gasteiger partial charge on any atom is -0.366 e. The van der Waals surface area contributed by atoms with Crippen molar-refractivity contribution in [2.45, 2.75) is 12.7 Å². The van der Waals surface area contributed by atoms with E-state index in [9.17, 15) is 0 Å². The van der Waals surface area contributed by atoms with Crippen molar-refractivity contribution in [3.05, 3.63) is 28.5 Å². The number of aromatic nitrogens is 1. The summed E-state index contributed by atoms with van der Waals surface area (Å²) in [6, 6.07) is 1.92. The number of halogens is 1. The lowest BCUT2D eigenvalue weighted by Gasteiger charge is -2.16. The maximum Gasteiger partial charge on any atom is 0.217 e. The minimum absolute atomic E-state index is 0.0940. The summed E-state index contributed by atoms with van der Waals surface area (Å²) >= 11 is 3.43. The average Bonchev–Trinajstić information content (AvgIpc) is 2.45. The summed E-state index contributed by atoms with van der Waals surface area (Å²) in [6.07, 6.45) is 5.16. The van der Waals surface area contributed by atoms with Gasteiger partial charge in [-0.1, -0.05) is 0 Å². The van der Waals surface area contributed by atoms with E-state index in [0.717, 1.165) is 10.0 Å². The fraction of sp³-hybridized carbons (Fsp3) is 0.417. The van der Waals surface area contributed by atoms with Gasteiger partial charge in [-0.15, -0.1) is 0 Å². The molecule has 0 saturated heterocycles. The minimum atomic E-state index is -0.0940. The first-order chi connectivity index (χ1) is 9.29. The van der Waals surface area contributed by atoms with Gasteiger partial charge in [0.1, 0.15) is 6.10 Å². The van der Waals surface area contributed by atoms with Crippen molar-refractivity contribution < 1.29 is 4.74 Å². The maximum absolute atomic E-state index is 5.74. The molecule has 1 unspecified atom stereocenters. The van der Waals surface area contributed by atoms with Crippen LogP contribution in [-0.2, 0) is 11.3 Å². The molecule has 1 aliphatic heterocycles. The highest BCUT2D eigenvalue weighted by atomic mass is 79.9. The zero-order valence-electron chi connectivity index (χ0n) is 10.4. The van der Waals surface area contributed by atoms with Crippen LogP contribution in [-0.4, -0.2) is 42.9 Å². The summed E-state index contributed by atoms with van der Waals surface area (Å²) in [6.45, 7) is 2.30. The van der Waals surface area contributed by atoms with E-state index in [2.05, 4.69) is 36.2 Å². The maximum atomic E-state index is 5.74. The number of aliphatic imine (C=N–C) groups is 2. The Balaban J connectivity index is 1.79. The molecule has 0 aliphatic carbocycles. The second-order valence-electron chi connectivity index (χ2n) is 3.97. The highest BCUT2D eigenvalue weighted by Crippen LogP contribution is 2.16. The number of hydrogen-bond donors (Lipinski definition) is 2. The molecule has 3 N–H and O–H groups in total. The Kier molecular flexibility index (Phi) is 5.44. The normalized spacial score (nSPS) is 18.2. The molecule has 0 spiro atoms. The Bertz CT molecular complexity index is 477. The molecule has 0 bridgehead atoms. The molecule has 0 amide bonds. The van der Waals surface area contributed by atoms with E-state index in [1.165, 1.54) is 0 Å². The summed E-state index contributed by atoms with van der Waals surface area (Å²) in [5.74, 6) is 0.621. The molecule has 1 atom stereocenters. The van der Waals surface area contributed by atoms with E-state index in [1.807, 2.05) is 6.07 Å². The van der Waals surface area contributed by atoms with E-state index in [-0.39, 0.29) is 6.10 Å². The second kappa shape index (κ2) is 7.32. The fourth-order valence-electron chi connectivity index (χ4n) is 1.52. The van der Waals surface area contributed by atoms with Gasteiger partial charge in [0.15, 0.2) is 0 Å². The number of pyridine rings is 1. The zero-order valence-corrected chi connectivity index (χ0v) is 12.0. The van der Waals surface area contributed by atoms with Crippen LogP contribution in [0.5, 0.6) is 0 Å².